The molecule has 37 heavy (non-hydrogen) atoms. The highest BCUT2D eigenvalue weighted by molar-refractivity contribution is 5.97. The van der Waals surface area contributed by atoms with Gasteiger partial charge in [0.1, 0.15) is 24.6 Å². The number of benzene rings is 1. The summed E-state index contributed by atoms with van der Waals surface area (Å²) >= 11 is 0. The molecular weight excluding hydrogens is 485 g/mol. The van der Waals surface area contributed by atoms with Crippen LogP contribution in [0.5, 0.6) is 11.6 Å². The van der Waals surface area contributed by atoms with Gasteiger partial charge < -0.3 is 19.1 Å². The first-order valence-corrected chi connectivity index (χ1v) is 11.6. The van der Waals surface area contributed by atoms with Gasteiger partial charge in [-0.1, -0.05) is 12.1 Å². The van der Waals surface area contributed by atoms with Gasteiger partial charge in [0, 0.05) is 43.7 Å². The van der Waals surface area contributed by atoms with Crippen molar-refractivity contribution in [3.8, 4) is 23.0 Å². The molecule has 0 unspecified atom stereocenters. The second-order valence-electron chi connectivity index (χ2n) is 8.12. The van der Waals surface area contributed by atoms with Gasteiger partial charge in [0.15, 0.2) is 11.5 Å². The van der Waals surface area contributed by atoms with Crippen LogP contribution in [-0.2, 0) is 11.8 Å². The van der Waals surface area contributed by atoms with Crippen molar-refractivity contribution in [1.82, 2.24) is 29.3 Å². The van der Waals surface area contributed by atoms with E-state index < -0.39 is 12.8 Å². The third kappa shape index (κ3) is 5.35. The molecule has 0 aliphatic carbocycles. The van der Waals surface area contributed by atoms with Crippen LogP contribution in [0.15, 0.2) is 48.8 Å². The molecule has 2 amide bonds. The molecule has 1 aromatic carbocycles. The lowest BCUT2D eigenvalue weighted by Crippen LogP contribution is -2.40. The Kier molecular flexibility index (Phi) is 6.94. The van der Waals surface area contributed by atoms with E-state index in [-0.39, 0.29) is 24.0 Å². The standard InChI is InChI=1S/C24H24FN7O5/c1-30-23(19(15-26-30)22(33)31-8-11-35-12-9-31)37-24(34)27-17-5-7-32-20(14-17)28-21(29-32)16-3-2-4-18(13-16)36-10-6-25/h2-5,7,13-15H,6,8-12H2,1H3,(H,27,34). The minimum absolute atomic E-state index is 0.0329. The van der Waals surface area contributed by atoms with Crippen molar-refractivity contribution in [1.29, 1.82) is 0 Å². The molecule has 12 nitrogen and oxygen atoms in total. The van der Waals surface area contributed by atoms with E-state index in [0.29, 0.717) is 54.8 Å². The summed E-state index contributed by atoms with van der Waals surface area (Å²) in [7, 11) is 1.58. The van der Waals surface area contributed by atoms with Crippen LogP contribution >= 0.6 is 0 Å². The molecule has 5 rings (SSSR count). The quantitative estimate of drug-likeness (QED) is 0.403. The number of amides is 2. The number of hydrogen-bond donors (Lipinski definition) is 1. The molecule has 0 radical (unpaired) electrons. The van der Waals surface area contributed by atoms with E-state index in [9.17, 15) is 14.0 Å². The topological polar surface area (TPSA) is 125 Å². The first kappa shape index (κ1) is 24.2. The number of nitrogens with zero attached hydrogens (tertiary/aromatic N) is 6. The molecule has 0 atom stereocenters. The fourth-order valence-electron chi connectivity index (χ4n) is 3.83. The molecule has 1 saturated heterocycles. The van der Waals surface area contributed by atoms with Gasteiger partial charge in [-0.3, -0.25) is 10.1 Å². The molecule has 4 heterocycles. The number of carbonyl (C=O) groups excluding carboxylic acids is 2. The smallest absolute Gasteiger partial charge is 0.418 e. The molecule has 1 aliphatic rings. The Morgan fingerprint density at radius 1 is 1.19 bits per heavy atom. The van der Waals surface area contributed by atoms with Crippen molar-refractivity contribution in [3.63, 3.8) is 0 Å². The maximum Gasteiger partial charge on any atom is 0.418 e. The van der Waals surface area contributed by atoms with E-state index in [2.05, 4.69) is 20.5 Å². The van der Waals surface area contributed by atoms with Crippen LogP contribution < -0.4 is 14.8 Å². The van der Waals surface area contributed by atoms with Crippen molar-refractivity contribution in [2.45, 2.75) is 0 Å². The summed E-state index contributed by atoms with van der Waals surface area (Å²) in [6, 6.07) is 10.3. The molecule has 13 heteroatoms. The fourth-order valence-corrected chi connectivity index (χ4v) is 3.83. The molecule has 1 fully saturated rings. The monoisotopic (exact) mass is 509 g/mol. The molecular formula is C24H24FN7O5. The second-order valence-corrected chi connectivity index (χ2v) is 8.12. The van der Waals surface area contributed by atoms with E-state index in [1.165, 1.54) is 10.9 Å². The van der Waals surface area contributed by atoms with Gasteiger partial charge in [-0.15, -0.1) is 5.10 Å². The molecule has 1 N–H and O–H groups in total. The number of fused-ring (bicyclic) bond motifs is 1. The molecule has 1 aliphatic heterocycles. The van der Waals surface area contributed by atoms with Crippen molar-refractivity contribution in [3.05, 3.63) is 54.4 Å². The highest BCUT2D eigenvalue weighted by Crippen LogP contribution is 2.24. The summed E-state index contributed by atoms with van der Waals surface area (Å²) in [6.45, 7) is 1.20. The van der Waals surface area contributed by atoms with Gasteiger partial charge in [-0.25, -0.2) is 23.4 Å². The van der Waals surface area contributed by atoms with Gasteiger partial charge >= 0.3 is 6.09 Å². The normalized spacial score (nSPS) is 13.5. The molecule has 0 spiro atoms. The third-order valence-corrected chi connectivity index (χ3v) is 5.62. The SMILES string of the molecule is Cn1ncc(C(=O)N2CCOCC2)c1OC(=O)Nc1ccn2nc(-c3cccc(OCCF)c3)nc2c1. The van der Waals surface area contributed by atoms with Gasteiger partial charge in [0.2, 0.25) is 5.88 Å². The number of morpholine rings is 1. The van der Waals surface area contributed by atoms with Gasteiger partial charge in [0.05, 0.1) is 19.4 Å². The fraction of sp³-hybridized carbons (Fsp3) is 0.292. The highest BCUT2D eigenvalue weighted by Gasteiger charge is 2.26. The van der Waals surface area contributed by atoms with Crippen molar-refractivity contribution in [2.75, 3.05) is 44.9 Å². The molecule has 0 saturated carbocycles. The maximum atomic E-state index is 12.9. The van der Waals surface area contributed by atoms with Crippen LogP contribution in [0.2, 0.25) is 0 Å². The van der Waals surface area contributed by atoms with E-state index in [4.69, 9.17) is 14.2 Å². The number of carbonyl (C=O) groups is 2. The number of hydrogen-bond acceptors (Lipinski definition) is 8. The van der Waals surface area contributed by atoms with Crippen LogP contribution in [0, 0.1) is 0 Å². The average molecular weight is 509 g/mol. The first-order chi connectivity index (χ1) is 18.0. The number of ether oxygens (including phenoxy) is 3. The second kappa shape index (κ2) is 10.6. The molecule has 192 valence electrons. The van der Waals surface area contributed by atoms with Crippen LogP contribution in [0.1, 0.15) is 10.4 Å². The maximum absolute atomic E-state index is 12.9. The minimum Gasteiger partial charge on any atom is -0.491 e. The number of aryl methyl sites for hydroxylation is 1. The lowest BCUT2D eigenvalue weighted by Gasteiger charge is -2.26. The number of nitrogens with one attached hydrogen (secondary N) is 1. The summed E-state index contributed by atoms with van der Waals surface area (Å²) in [5.74, 6) is 0.706. The number of aromatic nitrogens is 5. The Morgan fingerprint density at radius 2 is 2.03 bits per heavy atom. The van der Waals surface area contributed by atoms with E-state index in [0.717, 1.165) is 0 Å². The Bertz CT molecular complexity index is 1430. The van der Waals surface area contributed by atoms with Gasteiger partial charge in [-0.2, -0.15) is 5.10 Å². The predicted octanol–water partition coefficient (Wildman–Crippen LogP) is 2.56. The summed E-state index contributed by atoms with van der Waals surface area (Å²) < 4.78 is 31.4. The third-order valence-electron chi connectivity index (χ3n) is 5.62. The summed E-state index contributed by atoms with van der Waals surface area (Å²) in [5.41, 5.74) is 1.78. The van der Waals surface area contributed by atoms with Gasteiger partial charge in [0.25, 0.3) is 5.91 Å². The van der Waals surface area contributed by atoms with Crippen molar-refractivity contribution >= 4 is 23.3 Å². The van der Waals surface area contributed by atoms with Crippen molar-refractivity contribution < 1.29 is 28.2 Å². The number of halogens is 1. The number of rotatable bonds is 7. The van der Waals surface area contributed by atoms with Crippen LogP contribution in [0.25, 0.3) is 17.0 Å². The lowest BCUT2D eigenvalue weighted by atomic mass is 10.2. The highest BCUT2D eigenvalue weighted by atomic mass is 19.1. The number of alkyl halides is 1. The Hall–Kier alpha value is -4.52. The van der Waals surface area contributed by atoms with E-state index in [1.807, 2.05) is 6.07 Å². The minimum atomic E-state index is -0.790. The van der Waals surface area contributed by atoms with Crippen molar-refractivity contribution in [2.24, 2.45) is 7.05 Å². The molecule has 4 aromatic rings. The summed E-state index contributed by atoms with van der Waals surface area (Å²) in [6.07, 6.45) is 2.23. The summed E-state index contributed by atoms with van der Waals surface area (Å²) in [4.78, 5) is 31.7. The molecule has 3 aromatic heterocycles. The van der Waals surface area contributed by atoms with Crippen LogP contribution in [0.4, 0.5) is 14.9 Å². The average Bonchev–Trinajstić information content (AvgIpc) is 3.51. The van der Waals surface area contributed by atoms with Crippen LogP contribution in [0.3, 0.4) is 0 Å². The van der Waals surface area contributed by atoms with Crippen LogP contribution in [-0.4, -0.2) is 80.9 Å². The summed E-state index contributed by atoms with van der Waals surface area (Å²) in [5, 5.41) is 11.2. The Labute approximate surface area is 210 Å². The Morgan fingerprint density at radius 3 is 2.84 bits per heavy atom. The Balaban J connectivity index is 1.29. The van der Waals surface area contributed by atoms with E-state index in [1.54, 1.807) is 53.0 Å². The zero-order chi connectivity index (χ0) is 25.8. The first-order valence-electron chi connectivity index (χ1n) is 11.6. The predicted molar refractivity (Wildman–Crippen MR) is 129 cm³/mol. The lowest BCUT2D eigenvalue weighted by molar-refractivity contribution is 0.0301. The van der Waals surface area contributed by atoms with E-state index >= 15 is 0 Å². The zero-order valence-electron chi connectivity index (χ0n) is 20.0. The van der Waals surface area contributed by atoms with Gasteiger partial charge in [-0.05, 0) is 18.2 Å². The molecule has 0 bridgehead atoms. The number of pyridine rings is 1. The largest absolute Gasteiger partial charge is 0.491 e. The zero-order valence-corrected chi connectivity index (χ0v) is 20.0. The number of anilines is 1.